The van der Waals surface area contributed by atoms with E-state index in [1.54, 1.807) is 0 Å². The number of Topliss-reactive ketones (excluding diaryl/α,β-unsaturated/α-hetero) is 1. The monoisotopic (exact) mass is 304 g/mol. The van der Waals surface area contributed by atoms with Gasteiger partial charge in [0.25, 0.3) is 0 Å². The molecular weight excluding hydrogens is 276 g/mol. The van der Waals surface area contributed by atoms with Gasteiger partial charge in [-0.25, -0.2) is 0 Å². The van der Waals surface area contributed by atoms with E-state index in [0.717, 1.165) is 55.2 Å². The maximum absolute atomic E-state index is 12.7. The van der Waals surface area contributed by atoms with Crippen molar-refractivity contribution in [1.82, 2.24) is 10.2 Å². The number of benzene rings is 1. The lowest BCUT2D eigenvalue weighted by molar-refractivity contribution is 0.0954. The van der Waals surface area contributed by atoms with Crippen LogP contribution < -0.4 is 10.1 Å². The summed E-state index contributed by atoms with van der Waals surface area (Å²) in [5.74, 6) is 0.937. The molecule has 0 saturated carbocycles. The van der Waals surface area contributed by atoms with Gasteiger partial charge in [0.05, 0.1) is 11.7 Å². The minimum Gasteiger partial charge on any atom is -0.490 e. The Morgan fingerprint density at radius 2 is 1.95 bits per heavy atom. The first-order valence-corrected chi connectivity index (χ1v) is 8.21. The van der Waals surface area contributed by atoms with Gasteiger partial charge in [0.1, 0.15) is 5.75 Å². The van der Waals surface area contributed by atoms with Crippen molar-refractivity contribution in [2.75, 3.05) is 32.7 Å². The number of ether oxygens (including phenoxy) is 1. The van der Waals surface area contributed by atoms with Crippen molar-refractivity contribution in [3.05, 3.63) is 28.8 Å². The van der Waals surface area contributed by atoms with Crippen LogP contribution >= 0.6 is 0 Å². The summed E-state index contributed by atoms with van der Waals surface area (Å²) in [5.41, 5.74) is 2.89. The number of rotatable bonds is 6. The number of piperazine rings is 1. The van der Waals surface area contributed by atoms with Crippen LogP contribution in [0.1, 0.15) is 41.8 Å². The maximum Gasteiger partial charge on any atom is 0.167 e. The molecule has 0 radical (unpaired) electrons. The number of hydrogen-bond donors (Lipinski definition) is 1. The van der Waals surface area contributed by atoms with Crippen LogP contribution in [0.15, 0.2) is 12.1 Å². The second kappa shape index (κ2) is 7.75. The highest BCUT2D eigenvalue weighted by molar-refractivity contribution is 5.99. The molecule has 2 rings (SSSR count). The number of carbonyl (C=O) groups is 1. The summed E-state index contributed by atoms with van der Waals surface area (Å²) in [4.78, 5) is 15.0. The smallest absolute Gasteiger partial charge is 0.167 e. The van der Waals surface area contributed by atoms with Crippen molar-refractivity contribution in [2.45, 2.75) is 40.2 Å². The summed E-state index contributed by atoms with van der Waals surface area (Å²) in [6, 6.07) is 4.04. The van der Waals surface area contributed by atoms with Gasteiger partial charge in [0.2, 0.25) is 0 Å². The molecule has 122 valence electrons. The molecule has 1 aliphatic heterocycles. The van der Waals surface area contributed by atoms with Gasteiger partial charge in [-0.05, 0) is 44.9 Å². The third-order valence-electron chi connectivity index (χ3n) is 3.94. The fourth-order valence-corrected chi connectivity index (χ4v) is 2.88. The Hall–Kier alpha value is -1.39. The SMILES string of the molecule is Cc1cc(C)c(OC(C)C)c(C(=O)CCN2CCNCC2)c1. The quantitative estimate of drug-likeness (QED) is 0.820. The van der Waals surface area contributed by atoms with Gasteiger partial charge >= 0.3 is 0 Å². The highest BCUT2D eigenvalue weighted by Gasteiger charge is 2.18. The third kappa shape index (κ3) is 4.55. The van der Waals surface area contributed by atoms with E-state index >= 15 is 0 Å². The molecule has 4 heteroatoms. The fourth-order valence-electron chi connectivity index (χ4n) is 2.88. The normalized spacial score (nSPS) is 16.0. The lowest BCUT2D eigenvalue weighted by atomic mass is 10.0. The first kappa shape index (κ1) is 17.0. The number of hydrogen-bond acceptors (Lipinski definition) is 4. The third-order valence-corrected chi connectivity index (χ3v) is 3.94. The zero-order valence-corrected chi connectivity index (χ0v) is 14.2. The van der Waals surface area contributed by atoms with Crippen LogP contribution in [0.5, 0.6) is 5.75 Å². The molecule has 0 aromatic heterocycles. The summed E-state index contributed by atoms with van der Waals surface area (Å²) in [6.45, 7) is 12.9. The molecule has 0 spiro atoms. The zero-order valence-electron chi connectivity index (χ0n) is 14.2. The van der Waals surface area contributed by atoms with Crippen LogP contribution in [0, 0.1) is 13.8 Å². The van der Waals surface area contributed by atoms with E-state index in [1.807, 2.05) is 33.8 Å². The summed E-state index contributed by atoms with van der Waals surface area (Å²) in [7, 11) is 0. The molecular formula is C18H28N2O2. The molecule has 1 saturated heterocycles. The summed E-state index contributed by atoms with van der Waals surface area (Å²) < 4.78 is 5.90. The number of carbonyl (C=O) groups excluding carboxylic acids is 1. The van der Waals surface area contributed by atoms with Crippen molar-refractivity contribution in [2.24, 2.45) is 0 Å². The molecule has 4 nitrogen and oxygen atoms in total. The lowest BCUT2D eigenvalue weighted by Crippen LogP contribution is -2.44. The second-order valence-electron chi connectivity index (χ2n) is 6.39. The van der Waals surface area contributed by atoms with Crippen LogP contribution in [0.4, 0.5) is 0 Å². The zero-order chi connectivity index (χ0) is 16.1. The molecule has 0 bridgehead atoms. The fraction of sp³-hybridized carbons (Fsp3) is 0.611. The molecule has 1 aromatic carbocycles. The van der Waals surface area contributed by atoms with Gasteiger partial charge in [-0.3, -0.25) is 4.79 Å². The number of ketones is 1. The van der Waals surface area contributed by atoms with Crippen LogP contribution in [-0.2, 0) is 0 Å². The van der Waals surface area contributed by atoms with Crippen LogP contribution in [0.2, 0.25) is 0 Å². The molecule has 22 heavy (non-hydrogen) atoms. The molecule has 1 N–H and O–H groups in total. The van der Waals surface area contributed by atoms with E-state index < -0.39 is 0 Å². The van der Waals surface area contributed by atoms with Crippen molar-refractivity contribution in [1.29, 1.82) is 0 Å². The molecule has 0 atom stereocenters. The Labute approximate surface area is 133 Å². The van der Waals surface area contributed by atoms with Crippen LogP contribution in [0.25, 0.3) is 0 Å². The van der Waals surface area contributed by atoms with Gasteiger partial charge in [-0.2, -0.15) is 0 Å². The van der Waals surface area contributed by atoms with Gasteiger partial charge in [-0.1, -0.05) is 6.07 Å². The summed E-state index contributed by atoms with van der Waals surface area (Å²) in [6.07, 6.45) is 0.623. The molecule has 1 aromatic rings. The minimum absolute atomic E-state index is 0.0705. The summed E-state index contributed by atoms with van der Waals surface area (Å²) >= 11 is 0. The summed E-state index contributed by atoms with van der Waals surface area (Å²) in [5, 5.41) is 3.33. The van der Waals surface area contributed by atoms with Gasteiger partial charge in [0.15, 0.2) is 5.78 Å². The van der Waals surface area contributed by atoms with Crippen molar-refractivity contribution in [3.63, 3.8) is 0 Å². The molecule has 1 aliphatic rings. The van der Waals surface area contributed by atoms with E-state index in [9.17, 15) is 4.79 Å². The van der Waals surface area contributed by atoms with Crippen molar-refractivity contribution in [3.8, 4) is 5.75 Å². The number of aryl methyl sites for hydroxylation is 2. The Morgan fingerprint density at radius 1 is 1.27 bits per heavy atom. The average Bonchev–Trinajstić information content (AvgIpc) is 2.48. The molecule has 0 unspecified atom stereocenters. The number of nitrogens with one attached hydrogen (secondary N) is 1. The number of nitrogens with zero attached hydrogens (tertiary/aromatic N) is 1. The van der Waals surface area contributed by atoms with E-state index in [4.69, 9.17) is 4.74 Å². The van der Waals surface area contributed by atoms with Crippen molar-refractivity contribution >= 4 is 5.78 Å². The van der Waals surface area contributed by atoms with Crippen LogP contribution in [-0.4, -0.2) is 49.5 Å². The maximum atomic E-state index is 12.7. The average molecular weight is 304 g/mol. The first-order valence-electron chi connectivity index (χ1n) is 8.21. The molecule has 1 fully saturated rings. The van der Waals surface area contributed by atoms with Gasteiger partial charge < -0.3 is 15.0 Å². The topological polar surface area (TPSA) is 41.6 Å². The Balaban J connectivity index is 2.09. The Bertz CT molecular complexity index is 520. The predicted octanol–water partition coefficient (Wildman–Crippen LogP) is 2.57. The second-order valence-corrected chi connectivity index (χ2v) is 6.39. The van der Waals surface area contributed by atoms with E-state index in [0.29, 0.717) is 6.42 Å². The first-order chi connectivity index (χ1) is 10.5. The van der Waals surface area contributed by atoms with E-state index in [1.165, 1.54) is 0 Å². The predicted molar refractivity (Wildman–Crippen MR) is 89.9 cm³/mol. The standard InChI is InChI=1S/C18H28N2O2/c1-13(2)22-18-15(4)11-14(3)12-16(18)17(21)5-8-20-9-6-19-7-10-20/h11-13,19H,5-10H2,1-4H3. The van der Waals surface area contributed by atoms with Crippen LogP contribution in [0.3, 0.4) is 0 Å². The van der Waals surface area contributed by atoms with E-state index in [-0.39, 0.29) is 11.9 Å². The Kier molecular flexibility index (Phi) is 5.98. The van der Waals surface area contributed by atoms with Crippen molar-refractivity contribution < 1.29 is 9.53 Å². The Morgan fingerprint density at radius 3 is 2.59 bits per heavy atom. The largest absolute Gasteiger partial charge is 0.490 e. The molecule has 1 heterocycles. The van der Waals surface area contributed by atoms with Gasteiger partial charge in [0, 0.05) is 39.1 Å². The highest BCUT2D eigenvalue weighted by atomic mass is 16.5. The molecule has 0 aliphatic carbocycles. The van der Waals surface area contributed by atoms with E-state index in [2.05, 4.69) is 16.3 Å². The van der Waals surface area contributed by atoms with Gasteiger partial charge in [-0.15, -0.1) is 0 Å². The lowest BCUT2D eigenvalue weighted by Gasteiger charge is -2.27. The minimum atomic E-state index is 0.0705. The highest BCUT2D eigenvalue weighted by Crippen LogP contribution is 2.27. The molecule has 0 amide bonds.